The van der Waals surface area contributed by atoms with Crippen molar-refractivity contribution < 1.29 is 19.1 Å². The summed E-state index contributed by atoms with van der Waals surface area (Å²) in [5.74, 6) is 0.943. The first kappa shape index (κ1) is 23.7. The van der Waals surface area contributed by atoms with Crippen LogP contribution in [0.2, 0.25) is 5.02 Å². The maximum Gasteiger partial charge on any atom is 0.254 e. The second-order valence-corrected chi connectivity index (χ2v) is 9.93. The van der Waals surface area contributed by atoms with Crippen LogP contribution < -0.4 is 14.8 Å². The number of rotatable bonds is 6. The molecule has 2 heterocycles. The quantitative estimate of drug-likeness (QED) is 0.719. The van der Waals surface area contributed by atoms with Crippen LogP contribution in [-0.4, -0.2) is 75.1 Å². The fourth-order valence-electron chi connectivity index (χ4n) is 4.26. The molecule has 7 nitrogen and oxygen atoms in total. The van der Waals surface area contributed by atoms with Crippen LogP contribution in [0.4, 0.5) is 0 Å². The van der Waals surface area contributed by atoms with E-state index in [0.29, 0.717) is 67.8 Å². The van der Waals surface area contributed by atoms with Crippen molar-refractivity contribution in [3.05, 3.63) is 22.7 Å². The number of amides is 2. The van der Waals surface area contributed by atoms with Gasteiger partial charge < -0.3 is 24.6 Å². The number of piperidine rings is 1. The summed E-state index contributed by atoms with van der Waals surface area (Å²) in [5.41, 5.74) is 0.495. The lowest BCUT2D eigenvalue weighted by Gasteiger charge is -2.33. The topological polar surface area (TPSA) is 71.1 Å². The average molecular weight is 452 g/mol. The van der Waals surface area contributed by atoms with Crippen molar-refractivity contribution in [1.82, 2.24) is 15.1 Å². The lowest BCUT2D eigenvalue weighted by atomic mass is 9.91. The molecule has 0 radical (unpaired) electrons. The zero-order chi connectivity index (χ0) is 22.6. The molecule has 172 valence electrons. The third-order valence-electron chi connectivity index (χ3n) is 5.69. The molecule has 0 bridgehead atoms. The van der Waals surface area contributed by atoms with Gasteiger partial charge in [0.1, 0.15) is 0 Å². The van der Waals surface area contributed by atoms with Crippen molar-refractivity contribution in [1.29, 1.82) is 0 Å². The number of hydrogen-bond donors (Lipinski definition) is 1. The Morgan fingerprint density at radius 1 is 1.19 bits per heavy atom. The molecule has 1 aromatic rings. The van der Waals surface area contributed by atoms with Crippen molar-refractivity contribution in [3.63, 3.8) is 0 Å². The van der Waals surface area contributed by atoms with Crippen molar-refractivity contribution >= 4 is 23.4 Å². The van der Waals surface area contributed by atoms with E-state index in [0.717, 1.165) is 13.0 Å². The van der Waals surface area contributed by atoms with Gasteiger partial charge in [0.05, 0.1) is 18.2 Å². The molecule has 0 aromatic heterocycles. The summed E-state index contributed by atoms with van der Waals surface area (Å²) in [6.45, 7) is 8.00. The summed E-state index contributed by atoms with van der Waals surface area (Å²) in [6.07, 6.45) is 2.09. The van der Waals surface area contributed by atoms with Crippen LogP contribution in [0.3, 0.4) is 0 Å². The molecule has 0 atom stereocenters. The largest absolute Gasteiger partial charge is 0.489 e. The van der Waals surface area contributed by atoms with E-state index in [1.54, 1.807) is 17.0 Å². The Labute approximate surface area is 190 Å². The summed E-state index contributed by atoms with van der Waals surface area (Å²) in [6, 6.07) is 3.35. The van der Waals surface area contributed by atoms with Gasteiger partial charge in [0, 0.05) is 44.1 Å². The van der Waals surface area contributed by atoms with Gasteiger partial charge in [0.2, 0.25) is 5.91 Å². The highest BCUT2D eigenvalue weighted by molar-refractivity contribution is 6.32. The number of nitrogens with one attached hydrogen (secondary N) is 1. The molecule has 8 heteroatoms. The van der Waals surface area contributed by atoms with Gasteiger partial charge in [0.25, 0.3) is 5.91 Å². The summed E-state index contributed by atoms with van der Waals surface area (Å²) in [5, 5.41) is 3.49. The molecule has 1 fully saturated rings. The molecule has 1 N–H and O–H groups in total. The second kappa shape index (κ2) is 10.1. The van der Waals surface area contributed by atoms with E-state index in [4.69, 9.17) is 21.1 Å². The first-order chi connectivity index (χ1) is 14.7. The average Bonchev–Trinajstić information content (AvgIpc) is 2.96. The van der Waals surface area contributed by atoms with E-state index >= 15 is 0 Å². The number of nitrogens with zero attached hydrogens (tertiary/aromatic N) is 2. The predicted octanol–water partition coefficient (Wildman–Crippen LogP) is 3.06. The lowest BCUT2D eigenvalue weighted by molar-refractivity contribution is -0.126. The fourth-order valence-corrected chi connectivity index (χ4v) is 4.53. The number of hydrogen-bond acceptors (Lipinski definition) is 5. The SMILES string of the molecule is CN(C)CC(C)(C)CNC(=O)C1CCN(C(=O)c2cc(Cl)c3c(c2)OCCCO3)CC1. The van der Waals surface area contributed by atoms with E-state index in [2.05, 4.69) is 24.1 Å². The summed E-state index contributed by atoms with van der Waals surface area (Å²) < 4.78 is 11.3. The van der Waals surface area contributed by atoms with Gasteiger partial charge in [-0.05, 0) is 44.5 Å². The molecular formula is C23H34ClN3O4. The van der Waals surface area contributed by atoms with E-state index in [9.17, 15) is 9.59 Å². The Bertz CT molecular complexity index is 804. The lowest BCUT2D eigenvalue weighted by Crippen LogP contribution is -2.46. The molecular weight excluding hydrogens is 418 g/mol. The van der Waals surface area contributed by atoms with E-state index in [1.807, 2.05) is 14.1 Å². The molecule has 1 aromatic carbocycles. The van der Waals surface area contributed by atoms with Gasteiger partial charge in [0.15, 0.2) is 11.5 Å². The van der Waals surface area contributed by atoms with Crippen LogP contribution in [0, 0.1) is 11.3 Å². The molecule has 1 saturated heterocycles. The summed E-state index contributed by atoms with van der Waals surface area (Å²) in [7, 11) is 4.07. The number of fused-ring (bicyclic) bond motifs is 1. The van der Waals surface area contributed by atoms with Crippen LogP contribution in [0.1, 0.15) is 43.5 Å². The molecule has 0 saturated carbocycles. The van der Waals surface area contributed by atoms with Gasteiger partial charge in [-0.3, -0.25) is 9.59 Å². The Kier molecular flexibility index (Phi) is 7.70. The highest BCUT2D eigenvalue weighted by Crippen LogP contribution is 2.38. The fraction of sp³-hybridized carbons (Fsp3) is 0.652. The van der Waals surface area contributed by atoms with E-state index < -0.39 is 0 Å². The minimum Gasteiger partial charge on any atom is -0.489 e. The molecule has 3 rings (SSSR count). The van der Waals surface area contributed by atoms with Gasteiger partial charge >= 0.3 is 0 Å². The third-order valence-corrected chi connectivity index (χ3v) is 5.97. The zero-order valence-corrected chi connectivity index (χ0v) is 19.8. The first-order valence-corrected chi connectivity index (χ1v) is 11.3. The van der Waals surface area contributed by atoms with E-state index in [-0.39, 0.29) is 23.1 Å². The maximum absolute atomic E-state index is 13.0. The van der Waals surface area contributed by atoms with Gasteiger partial charge in [-0.25, -0.2) is 0 Å². The molecule has 0 unspecified atom stereocenters. The Morgan fingerprint density at radius 2 is 1.87 bits per heavy atom. The maximum atomic E-state index is 13.0. The highest BCUT2D eigenvalue weighted by atomic mass is 35.5. The van der Waals surface area contributed by atoms with Crippen molar-refractivity contribution in [2.45, 2.75) is 33.1 Å². The summed E-state index contributed by atoms with van der Waals surface area (Å²) >= 11 is 6.34. The van der Waals surface area contributed by atoms with Crippen LogP contribution >= 0.6 is 11.6 Å². The summed E-state index contributed by atoms with van der Waals surface area (Å²) in [4.78, 5) is 29.6. The molecule has 0 spiro atoms. The smallest absolute Gasteiger partial charge is 0.254 e. The van der Waals surface area contributed by atoms with Crippen LogP contribution in [0.25, 0.3) is 0 Å². The zero-order valence-electron chi connectivity index (χ0n) is 19.0. The third kappa shape index (κ3) is 6.26. The molecule has 0 aliphatic carbocycles. The Hall–Kier alpha value is -1.99. The molecule has 2 aliphatic rings. The Morgan fingerprint density at radius 3 is 2.55 bits per heavy atom. The van der Waals surface area contributed by atoms with Gasteiger partial charge in [-0.1, -0.05) is 25.4 Å². The first-order valence-electron chi connectivity index (χ1n) is 11.0. The monoisotopic (exact) mass is 451 g/mol. The molecule has 2 aliphatic heterocycles. The molecule has 2 amide bonds. The number of carbonyl (C=O) groups is 2. The van der Waals surface area contributed by atoms with Crippen molar-refractivity contribution in [2.24, 2.45) is 11.3 Å². The minimum absolute atomic E-state index is 0.00616. The number of ether oxygens (including phenoxy) is 2. The predicted molar refractivity (Wildman–Crippen MR) is 121 cm³/mol. The Balaban J connectivity index is 1.55. The van der Waals surface area contributed by atoms with Crippen molar-refractivity contribution in [3.8, 4) is 11.5 Å². The second-order valence-electron chi connectivity index (χ2n) is 9.52. The standard InChI is InChI=1S/C23H34ClN3O4/c1-23(2,15-26(3)4)14-25-21(28)16-6-8-27(9-7-16)22(29)17-12-18(24)20-19(13-17)30-10-5-11-31-20/h12-13,16H,5-11,14-15H2,1-4H3,(H,25,28). The normalized spacial score (nSPS) is 17.4. The van der Waals surface area contributed by atoms with Gasteiger partial charge in [-0.2, -0.15) is 0 Å². The number of benzene rings is 1. The number of halogens is 1. The highest BCUT2D eigenvalue weighted by Gasteiger charge is 2.30. The van der Waals surface area contributed by atoms with Crippen LogP contribution in [-0.2, 0) is 4.79 Å². The van der Waals surface area contributed by atoms with Crippen LogP contribution in [0.15, 0.2) is 12.1 Å². The van der Waals surface area contributed by atoms with Gasteiger partial charge in [-0.15, -0.1) is 0 Å². The molecule has 31 heavy (non-hydrogen) atoms. The number of likely N-dealkylation sites (tertiary alicyclic amines) is 1. The minimum atomic E-state index is -0.0940. The van der Waals surface area contributed by atoms with Crippen LogP contribution in [0.5, 0.6) is 11.5 Å². The van der Waals surface area contributed by atoms with E-state index in [1.165, 1.54) is 0 Å². The van der Waals surface area contributed by atoms with Crippen molar-refractivity contribution in [2.75, 3.05) is 53.5 Å². The number of carbonyl (C=O) groups excluding carboxylic acids is 2.